The fourth-order valence-electron chi connectivity index (χ4n) is 3.29. The number of rotatable bonds is 13. The van der Waals surface area contributed by atoms with Gasteiger partial charge < -0.3 is 19.1 Å². The van der Waals surface area contributed by atoms with Crippen LogP contribution < -0.4 is 4.90 Å². The molecule has 0 unspecified atom stereocenters. The van der Waals surface area contributed by atoms with Crippen LogP contribution in [0, 0.1) is 0 Å². The maximum Gasteiger partial charge on any atom is 0.339 e. The molecule has 0 atom stereocenters. The first-order chi connectivity index (χ1) is 20.1. The van der Waals surface area contributed by atoms with Gasteiger partial charge in [0.15, 0.2) is 0 Å². The molecule has 0 saturated carbocycles. The van der Waals surface area contributed by atoms with E-state index in [2.05, 4.69) is 32.7 Å². The first-order valence-electron chi connectivity index (χ1n) is 12.7. The van der Waals surface area contributed by atoms with E-state index in [9.17, 15) is 14.4 Å². The third-order valence-corrected chi connectivity index (χ3v) is 6.54. The molecular formula is C31H29BrClN3O6. The highest BCUT2D eigenvalue weighted by atomic mass is 79.9. The Bertz CT molecular complexity index is 1470. The largest absolute Gasteiger partial charge is 0.461 e. The Hall–Kier alpha value is -4.28. The van der Waals surface area contributed by atoms with Gasteiger partial charge in [0.2, 0.25) is 0 Å². The topological polar surface area (TPSA) is 107 Å². The van der Waals surface area contributed by atoms with E-state index < -0.39 is 17.9 Å². The van der Waals surface area contributed by atoms with Crippen molar-refractivity contribution in [3.63, 3.8) is 0 Å². The first-order valence-corrected chi connectivity index (χ1v) is 13.9. The Morgan fingerprint density at radius 3 is 2.24 bits per heavy atom. The van der Waals surface area contributed by atoms with Crippen LogP contribution >= 0.6 is 27.5 Å². The van der Waals surface area contributed by atoms with Crippen LogP contribution in [0.5, 0.6) is 0 Å². The Morgan fingerprint density at radius 1 is 0.905 bits per heavy atom. The van der Waals surface area contributed by atoms with Crippen molar-refractivity contribution >= 4 is 68.6 Å². The van der Waals surface area contributed by atoms with Crippen molar-refractivity contribution in [2.24, 2.45) is 10.2 Å². The number of ether oxygens (including phenoxy) is 3. The minimum Gasteiger partial charge on any atom is -0.461 e. The summed E-state index contributed by atoms with van der Waals surface area (Å²) in [5.74, 6) is -1.57. The lowest BCUT2D eigenvalue weighted by atomic mass is 10.2. The van der Waals surface area contributed by atoms with Crippen LogP contribution in [0.25, 0.3) is 6.08 Å². The number of esters is 3. The number of halogens is 2. The van der Waals surface area contributed by atoms with Gasteiger partial charge >= 0.3 is 17.9 Å². The zero-order valence-corrected chi connectivity index (χ0v) is 25.4. The van der Waals surface area contributed by atoms with Crippen molar-refractivity contribution in [1.29, 1.82) is 0 Å². The molecule has 0 bridgehead atoms. The molecule has 0 aliphatic heterocycles. The van der Waals surface area contributed by atoms with E-state index in [-0.39, 0.29) is 31.0 Å². The number of anilines is 1. The van der Waals surface area contributed by atoms with Crippen molar-refractivity contribution in [2.75, 3.05) is 38.3 Å². The maximum atomic E-state index is 12.5. The molecule has 3 aromatic carbocycles. The summed E-state index contributed by atoms with van der Waals surface area (Å²) in [4.78, 5) is 37.8. The lowest BCUT2D eigenvalue weighted by Gasteiger charge is -2.18. The minimum absolute atomic E-state index is 0.0761. The average Bonchev–Trinajstić information content (AvgIpc) is 2.98. The molecule has 3 aromatic rings. The fourth-order valence-corrected chi connectivity index (χ4v) is 3.82. The van der Waals surface area contributed by atoms with Gasteiger partial charge in [-0.25, -0.2) is 14.4 Å². The summed E-state index contributed by atoms with van der Waals surface area (Å²) in [5, 5.41) is 9.09. The zero-order chi connectivity index (χ0) is 30.5. The highest BCUT2D eigenvalue weighted by molar-refractivity contribution is 9.10. The van der Waals surface area contributed by atoms with Crippen LogP contribution in [0.2, 0.25) is 5.02 Å². The number of carbonyl (C=O) groups excluding carboxylic acids is 3. The van der Waals surface area contributed by atoms with E-state index in [4.69, 9.17) is 25.8 Å². The molecule has 3 rings (SSSR count). The summed E-state index contributed by atoms with van der Waals surface area (Å²) in [5.41, 5.74) is 3.34. The van der Waals surface area contributed by atoms with E-state index in [0.717, 1.165) is 11.3 Å². The number of likely N-dealkylation sites (N-methyl/N-ethyl adjacent to an activating group) is 1. The van der Waals surface area contributed by atoms with Gasteiger partial charge in [-0.05, 0) is 89.1 Å². The maximum absolute atomic E-state index is 12.5. The summed E-state index contributed by atoms with van der Waals surface area (Å²) < 4.78 is 15.9. The van der Waals surface area contributed by atoms with Crippen LogP contribution in [0.1, 0.15) is 22.8 Å². The van der Waals surface area contributed by atoms with E-state index in [1.165, 1.54) is 13.0 Å². The minimum atomic E-state index is -0.596. The third-order valence-electron chi connectivity index (χ3n) is 5.59. The van der Waals surface area contributed by atoms with Crippen molar-refractivity contribution in [3.8, 4) is 0 Å². The SMILES string of the molecule is C=C(C)C(=O)OCCOC(=O)c1cc(/N=N/c2ccc(N(C)CCOC(=O)/C=C/c3ccc(Cl)cc3)cc2)ccc1Br. The lowest BCUT2D eigenvalue weighted by molar-refractivity contribution is -0.140. The van der Waals surface area contributed by atoms with Crippen LogP contribution in [0.4, 0.5) is 17.1 Å². The second-order valence-electron chi connectivity index (χ2n) is 8.91. The molecule has 0 aliphatic carbocycles. The molecule has 9 nitrogen and oxygen atoms in total. The molecule has 11 heteroatoms. The predicted molar refractivity (Wildman–Crippen MR) is 166 cm³/mol. The Morgan fingerprint density at radius 2 is 1.55 bits per heavy atom. The van der Waals surface area contributed by atoms with Gasteiger partial charge in [-0.15, -0.1) is 0 Å². The summed E-state index contributed by atoms with van der Waals surface area (Å²) in [6.45, 7) is 5.56. The molecule has 0 aromatic heterocycles. The van der Waals surface area contributed by atoms with Crippen LogP contribution in [-0.2, 0) is 23.8 Å². The van der Waals surface area contributed by atoms with Gasteiger partial charge in [0.05, 0.1) is 23.5 Å². The van der Waals surface area contributed by atoms with Gasteiger partial charge in [-0.3, -0.25) is 0 Å². The normalized spacial score (nSPS) is 11.0. The number of nitrogens with zero attached hydrogens (tertiary/aromatic N) is 3. The van der Waals surface area contributed by atoms with Crippen molar-refractivity contribution < 1.29 is 28.6 Å². The van der Waals surface area contributed by atoms with Crippen LogP contribution in [0.3, 0.4) is 0 Å². The fraction of sp³-hybridized carbons (Fsp3) is 0.194. The molecule has 0 aliphatic rings. The molecular weight excluding hydrogens is 626 g/mol. The predicted octanol–water partition coefficient (Wildman–Crippen LogP) is 7.49. The molecule has 0 N–H and O–H groups in total. The number of carbonyl (C=O) groups is 3. The molecule has 0 fully saturated rings. The quantitative estimate of drug-likeness (QED) is 0.0618. The molecule has 218 valence electrons. The Labute approximate surface area is 257 Å². The van der Waals surface area contributed by atoms with Gasteiger partial charge in [-0.2, -0.15) is 10.2 Å². The monoisotopic (exact) mass is 653 g/mol. The smallest absolute Gasteiger partial charge is 0.339 e. The number of benzene rings is 3. The molecule has 42 heavy (non-hydrogen) atoms. The van der Waals surface area contributed by atoms with Gasteiger partial charge in [0, 0.05) is 33.9 Å². The summed E-state index contributed by atoms with van der Waals surface area (Å²) in [6.07, 6.45) is 3.05. The van der Waals surface area contributed by atoms with Gasteiger partial charge in [-0.1, -0.05) is 30.3 Å². The summed E-state index contributed by atoms with van der Waals surface area (Å²) in [6, 6.07) is 19.4. The molecule has 0 radical (unpaired) electrons. The van der Waals surface area contributed by atoms with E-state index in [1.807, 2.05) is 36.2 Å². The third kappa shape index (κ3) is 10.6. The second kappa shape index (κ2) is 16.2. The standard InChI is InChI=1S/C31H29BrClN3O6/c1-21(2)30(38)41-18-19-42-31(39)27-20-25(11-14-28(27)32)35-34-24-9-12-26(13-10-24)36(3)16-17-40-29(37)15-6-22-4-7-23(33)8-5-22/h4-15,20H,1,16-19H2,2-3H3/b15-6+,35-34+. The highest BCUT2D eigenvalue weighted by Crippen LogP contribution is 2.26. The second-order valence-corrected chi connectivity index (χ2v) is 10.2. The van der Waals surface area contributed by atoms with Crippen molar-refractivity contribution in [1.82, 2.24) is 0 Å². The van der Waals surface area contributed by atoms with E-state index in [1.54, 1.807) is 48.5 Å². The van der Waals surface area contributed by atoms with E-state index in [0.29, 0.717) is 27.4 Å². The summed E-state index contributed by atoms with van der Waals surface area (Å²) in [7, 11) is 1.89. The average molecular weight is 655 g/mol. The molecule has 0 heterocycles. The van der Waals surface area contributed by atoms with Crippen molar-refractivity contribution in [2.45, 2.75) is 6.92 Å². The van der Waals surface area contributed by atoms with Crippen LogP contribution in [0.15, 0.2) is 99.7 Å². The molecule has 0 spiro atoms. The number of hydrogen-bond donors (Lipinski definition) is 0. The number of hydrogen-bond acceptors (Lipinski definition) is 9. The Kier molecular flexibility index (Phi) is 12.5. The first kappa shape index (κ1) is 32.2. The van der Waals surface area contributed by atoms with E-state index >= 15 is 0 Å². The molecule has 0 saturated heterocycles. The Balaban J connectivity index is 1.47. The molecule has 0 amide bonds. The zero-order valence-electron chi connectivity index (χ0n) is 23.1. The number of azo groups is 1. The van der Waals surface area contributed by atoms with Crippen molar-refractivity contribution in [3.05, 3.63) is 106 Å². The summed E-state index contributed by atoms with van der Waals surface area (Å²) >= 11 is 9.20. The van der Waals surface area contributed by atoms with Crippen LogP contribution in [-0.4, -0.2) is 51.3 Å². The van der Waals surface area contributed by atoms with Gasteiger partial charge in [0.1, 0.15) is 19.8 Å². The van der Waals surface area contributed by atoms with Gasteiger partial charge in [0.25, 0.3) is 0 Å². The lowest BCUT2D eigenvalue weighted by Crippen LogP contribution is -2.23. The highest BCUT2D eigenvalue weighted by Gasteiger charge is 2.13.